The van der Waals surface area contributed by atoms with Crippen LogP contribution in [0.25, 0.3) is 11.2 Å². The minimum atomic E-state index is -0.982. The predicted molar refractivity (Wildman–Crippen MR) is 111 cm³/mol. The summed E-state index contributed by atoms with van der Waals surface area (Å²) in [7, 11) is 0. The van der Waals surface area contributed by atoms with Gasteiger partial charge in [0.15, 0.2) is 5.65 Å². The molecule has 2 saturated heterocycles. The van der Waals surface area contributed by atoms with E-state index in [0.29, 0.717) is 55.9 Å². The summed E-state index contributed by atoms with van der Waals surface area (Å²) in [5.41, 5.74) is -0.748. The van der Waals surface area contributed by atoms with Crippen molar-refractivity contribution in [2.75, 3.05) is 6.61 Å². The van der Waals surface area contributed by atoms with Gasteiger partial charge in [0.2, 0.25) is 0 Å². The van der Waals surface area contributed by atoms with Gasteiger partial charge in [-0.2, -0.15) is 0 Å². The van der Waals surface area contributed by atoms with Gasteiger partial charge in [-0.3, -0.25) is 13.9 Å². The Balaban J connectivity index is 1.76. The summed E-state index contributed by atoms with van der Waals surface area (Å²) in [5, 5.41) is 8.94. The monoisotopic (exact) mass is 416 g/mol. The van der Waals surface area contributed by atoms with Gasteiger partial charge >= 0.3 is 11.7 Å². The van der Waals surface area contributed by atoms with E-state index in [4.69, 9.17) is 14.8 Å². The molecule has 2 bridgehead atoms. The Morgan fingerprint density at radius 3 is 2.40 bits per heavy atom. The van der Waals surface area contributed by atoms with Crippen LogP contribution in [0.5, 0.6) is 0 Å². The van der Waals surface area contributed by atoms with Crippen molar-refractivity contribution < 1.29 is 14.6 Å². The van der Waals surface area contributed by atoms with Crippen LogP contribution in [0, 0.1) is 0 Å². The Morgan fingerprint density at radius 1 is 1.17 bits per heavy atom. The molecule has 9 nitrogen and oxygen atoms in total. The smallest absolute Gasteiger partial charge is 0.332 e. The van der Waals surface area contributed by atoms with E-state index in [0.717, 1.165) is 25.3 Å². The average molecular weight is 416 g/mol. The number of carboxylic acid groups (broad SMARTS) is 1. The molecule has 0 unspecified atom stereocenters. The van der Waals surface area contributed by atoms with E-state index in [2.05, 4.69) is 4.98 Å². The number of carboxylic acids is 1. The normalized spacial score (nSPS) is 26.1. The first-order chi connectivity index (χ1) is 14.3. The Morgan fingerprint density at radius 2 is 1.83 bits per heavy atom. The summed E-state index contributed by atoms with van der Waals surface area (Å²) < 4.78 is 8.98. The fourth-order valence-corrected chi connectivity index (χ4v) is 4.73. The van der Waals surface area contributed by atoms with Gasteiger partial charge in [-0.25, -0.2) is 14.6 Å². The molecule has 1 saturated carbocycles. The number of fused-ring (bicyclic) bond motifs is 4. The predicted octanol–water partition coefficient (Wildman–Crippen LogP) is 1.93. The van der Waals surface area contributed by atoms with E-state index in [1.54, 1.807) is 10.6 Å². The molecule has 5 rings (SSSR count). The highest BCUT2D eigenvalue weighted by Crippen LogP contribution is 2.50. The van der Waals surface area contributed by atoms with Crippen molar-refractivity contribution in [3.63, 3.8) is 0 Å². The molecule has 3 fully saturated rings. The molecule has 30 heavy (non-hydrogen) atoms. The summed E-state index contributed by atoms with van der Waals surface area (Å²) in [4.78, 5) is 44.7. The molecule has 1 aliphatic carbocycles. The fraction of sp³-hybridized carbons (Fsp3) is 0.619. The SMILES string of the molecule is CCCn1c(=O)c2[nH]c(C34CCC(/C=C/C(=O)O)(CC3)OC4)nc2n(CCC)c1=O. The Kier molecular flexibility index (Phi) is 5.17. The number of ether oxygens (including phenoxy) is 1. The third-order valence-corrected chi connectivity index (χ3v) is 6.48. The topological polar surface area (TPSA) is 119 Å². The van der Waals surface area contributed by atoms with Gasteiger partial charge in [0.25, 0.3) is 5.56 Å². The third kappa shape index (κ3) is 3.21. The zero-order chi connectivity index (χ0) is 21.5. The van der Waals surface area contributed by atoms with Crippen molar-refractivity contribution in [3.8, 4) is 0 Å². The van der Waals surface area contributed by atoms with Crippen molar-refractivity contribution in [1.29, 1.82) is 0 Å². The number of nitrogens with zero attached hydrogens (tertiary/aromatic N) is 3. The standard InChI is InChI=1S/C21H28N4O5/c1-3-11-24-16-15(17(28)25(12-4-2)19(24)29)22-18(23-16)20-7-9-21(10-8-20,30-13-20)6-5-14(26)27/h5-6H,3-4,7-13H2,1-2H3,(H,22,23)(H,26,27)/b6-5+. The quantitative estimate of drug-likeness (QED) is 0.666. The number of hydrogen-bond donors (Lipinski definition) is 2. The van der Waals surface area contributed by atoms with Crippen molar-refractivity contribution >= 4 is 17.1 Å². The van der Waals surface area contributed by atoms with Crippen LogP contribution < -0.4 is 11.2 Å². The molecule has 2 N–H and O–H groups in total. The summed E-state index contributed by atoms with van der Waals surface area (Å²) in [6.07, 6.45) is 7.19. The van der Waals surface area contributed by atoms with Crippen LogP contribution in [-0.2, 0) is 28.0 Å². The van der Waals surface area contributed by atoms with Gasteiger partial charge in [-0.1, -0.05) is 13.8 Å². The summed E-state index contributed by atoms with van der Waals surface area (Å²) in [5.74, 6) is -0.298. The number of aryl methyl sites for hydroxylation is 1. The Hall–Kier alpha value is -2.68. The first kappa shape index (κ1) is 20.6. The lowest BCUT2D eigenvalue weighted by Crippen LogP contribution is -2.52. The van der Waals surface area contributed by atoms with Crippen LogP contribution in [0.2, 0.25) is 0 Å². The Bertz CT molecular complexity index is 1100. The van der Waals surface area contributed by atoms with Crippen LogP contribution in [0.4, 0.5) is 0 Å². The number of rotatable bonds is 7. The average Bonchev–Trinajstić information content (AvgIpc) is 3.20. The number of hydrogen-bond acceptors (Lipinski definition) is 5. The van der Waals surface area contributed by atoms with E-state index < -0.39 is 11.6 Å². The highest BCUT2D eigenvalue weighted by molar-refractivity contribution is 5.80. The lowest BCUT2D eigenvalue weighted by molar-refractivity contribution is -0.135. The van der Waals surface area contributed by atoms with E-state index in [-0.39, 0.29) is 16.7 Å². The number of aromatic nitrogens is 4. The third-order valence-electron chi connectivity index (χ3n) is 6.48. The second kappa shape index (κ2) is 7.54. The molecule has 2 aliphatic heterocycles. The number of carbonyl (C=O) groups is 1. The maximum Gasteiger partial charge on any atom is 0.332 e. The van der Waals surface area contributed by atoms with E-state index >= 15 is 0 Å². The maximum atomic E-state index is 13.0. The molecule has 2 aromatic rings. The van der Waals surface area contributed by atoms with Crippen LogP contribution >= 0.6 is 0 Å². The molecule has 0 amide bonds. The lowest BCUT2D eigenvalue weighted by atomic mass is 9.65. The highest BCUT2D eigenvalue weighted by Gasteiger charge is 2.51. The molecule has 4 heterocycles. The molecule has 0 atom stereocenters. The molecule has 9 heteroatoms. The minimum absolute atomic E-state index is 0.312. The fourth-order valence-electron chi connectivity index (χ4n) is 4.73. The van der Waals surface area contributed by atoms with Crippen molar-refractivity contribution in [2.24, 2.45) is 0 Å². The lowest BCUT2D eigenvalue weighted by Gasteiger charge is -2.51. The van der Waals surface area contributed by atoms with Gasteiger partial charge in [0.1, 0.15) is 11.3 Å². The van der Waals surface area contributed by atoms with Gasteiger partial charge in [-0.15, -0.1) is 0 Å². The van der Waals surface area contributed by atoms with E-state index in [9.17, 15) is 14.4 Å². The first-order valence-corrected chi connectivity index (χ1v) is 10.6. The number of H-pyrrole nitrogens is 1. The van der Waals surface area contributed by atoms with Gasteiger partial charge < -0.3 is 14.8 Å². The zero-order valence-corrected chi connectivity index (χ0v) is 17.4. The summed E-state index contributed by atoms with van der Waals surface area (Å²) >= 11 is 0. The van der Waals surface area contributed by atoms with Gasteiger partial charge in [-0.05, 0) is 44.6 Å². The molecular formula is C21H28N4O5. The maximum absolute atomic E-state index is 13.0. The van der Waals surface area contributed by atoms with Gasteiger partial charge in [0, 0.05) is 19.2 Å². The Labute approximate surface area is 173 Å². The van der Waals surface area contributed by atoms with Gasteiger partial charge in [0.05, 0.1) is 17.6 Å². The zero-order valence-electron chi connectivity index (χ0n) is 17.4. The molecule has 2 aromatic heterocycles. The summed E-state index contributed by atoms with van der Waals surface area (Å²) in [6, 6.07) is 0. The molecule has 0 spiro atoms. The van der Waals surface area contributed by atoms with Crippen LogP contribution in [-0.4, -0.2) is 42.4 Å². The van der Waals surface area contributed by atoms with Crippen molar-refractivity contribution in [3.05, 3.63) is 38.8 Å². The van der Waals surface area contributed by atoms with Crippen molar-refractivity contribution in [1.82, 2.24) is 19.1 Å². The van der Waals surface area contributed by atoms with Crippen molar-refractivity contribution in [2.45, 2.75) is 76.5 Å². The molecule has 0 radical (unpaired) electrons. The molecule has 162 valence electrons. The number of aliphatic carboxylic acids is 1. The summed E-state index contributed by atoms with van der Waals surface area (Å²) in [6.45, 7) is 5.19. The second-order valence-corrected chi connectivity index (χ2v) is 8.48. The van der Waals surface area contributed by atoms with E-state index in [1.165, 1.54) is 4.57 Å². The highest BCUT2D eigenvalue weighted by atomic mass is 16.5. The second-order valence-electron chi connectivity index (χ2n) is 8.48. The molecule has 0 aromatic carbocycles. The first-order valence-electron chi connectivity index (χ1n) is 10.6. The largest absolute Gasteiger partial charge is 0.478 e. The number of aromatic amines is 1. The van der Waals surface area contributed by atoms with Crippen LogP contribution in [0.3, 0.4) is 0 Å². The molecule has 3 aliphatic rings. The molecular weight excluding hydrogens is 388 g/mol. The van der Waals surface area contributed by atoms with Crippen LogP contribution in [0.15, 0.2) is 21.7 Å². The minimum Gasteiger partial charge on any atom is -0.478 e. The van der Waals surface area contributed by atoms with Crippen LogP contribution in [0.1, 0.15) is 58.2 Å². The number of nitrogens with one attached hydrogen (secondary N) is 1. The number of imidazole rings is 1. The van der Waals surface area contributed by atoms with E-state index in [1.807, 2.05) is 13.8 Å².